The normalized spacial score (nSPS) is 16.8. The van der Waals surface area contributed by atoms with Crippen molar-refractivity contribution in [3.63, 3.8) is 0 Å². The maximum absolute atomic E-state index is 13.3. The van der Waals surface area contributed by atoms with Crippen LogP contribution in [0.4, 0.5) is 28.1 Å². The number of thiazole rings is 1. The molecule has 0 aliphatic carbocycles. The third kappa shape index (κ3) is 8.73. The van der Waals surface area contributed by atoms with E-state index in [-0.39, 0.29) is 35.8 Å². The van der Waals surface area contributed by atoms with E-state index in [9.17, 15) is 28.8 Å². The first-order valence-corrected chi connectivity index (χ1v) is 19.9. The highest BCUT2D eigenvalue weighted by molar-refractivity contribution is 7.17. The first kappa shape index (κ1) is 39.3. The number of hydrogen-bond donors (Lipinski definition) is 4. The van der Waals surface area contributed by atoms with Gasteiger partial charge in [0.2, 0.25) is 17.7 Å². The van der Waals surface area contributed by atoms with Gasteiger partial charge in [-0.25, -0.2) is 15.0 Å². The van der Waals surface area contributed by atoms with Gasteiger partial charge in [0, 0.05) is 57.3 Å². The molecular formula is C39H41ClN10O6S. The predicted octanol–water partition coefficient (Wildman–Crippen LogP) is 4.92. The number of carbonyl (C=O) groups is 6. The Balaban J connectivity index is 0.842. The number of carbonyl (C=O) groups excluding carboxylic acids is 6. The molecule has 2 aromatic heterocycles. The number of unbranched alkanes of at least 4 members (excludes halogenated alkanes) is 2. The molecule has 6 amide bonds. The van der Waals surface area contributed by atoms with Crippen LogP contribution in [0.1, 0.15) is 80.3 Å². The second kappa shape index (κ2) is 17.1. The number of hydrogen-bond acceptors (Lipinski definition) is 13. The van der Waals surface area contributed by atoms with Gasteiger partial charge in [0.25, 0.3) is 17.7 Å². The highest BCUT2D eigenvalue weighted by Gasteiger charge is 2.45. The number of aromatic nitrogens is 3. The summed E-state index contributed by atoms with van der Waals surface area (Å²) in [7, 11) is 0. The zero-order chi connectivity index (χ0) is 40.2. The Hall–Kier alpha value is -5.94. The summed E-state index contributed by atoms with van der Waals surface area (Å²) in [4.78, 5) is 95.3. The Labute approximate surface area is 337 Å². The Morgan fingerprint density at radius 2 is 1.75 bits per heavy atom. The van der Waals surface area contributed by atoms with Crippen molar-refractivity contribution in [3.05, 3.63) is 81.1 Å². The minimum atomic E-state index is -1.02. The molecule has 1 atom stereocenters. The number of piperidine rings is 1. The van der Waals surface area contributed by atoms with E-state index in [1.807, 2.05) is 30.0 Å². The number of benzene rings is 2. The number of imide groups is 2. The molecule has 4 aromatic rings. The number of para-hydroxylation sites is 1. The zero-order valence-electron chi connectivity index (χ0n) is 31.4. The molecule has 2 fully saturated rings. The van der Waals surface area contributed by atoms with Crippen LogP contribution in [-0.2, 0) is 14.4 Å². The third-order valence-electron chi connectivity index (χ3n) is 10.1. The van der Waals surface area contributed by atoms with Crippen molar-refractivity contribution in [3.8, 4) is 0 Å². The Kier molecular flexibility index (Phi) is 11.8. The van der Waals surface area contributed by atoms with Crippen molar-refractivity contribution in [2.45, 2.75) is 58.4 Å². The van der Waals surface area contributed by atoms with E-state index in [4.69, 9.17) is 11.6 Å². The number of fused-ring (bicyclic) bond motifs is 1. The standard InChI is InChI=1S/C39H41ClN10O6S/c1-22-8-6-10-25(40)34(22)47-36(54)28-21-42-39(57-28)45-29-20-30(44-23(2)43-29)48-16-18-49(19-17-48)32(52)12-4-3-5-15-41-26-11-7-9-24-33(26)38(56)50(37(24)55)27-13-14-31(51)46-35(27)53/h6-11,20-21,27,41H,3-5,12-19H2,1-2H3,(H,47,54)(H,46,51,53)(H,42,43,44,45). The molecule has 0 bridgehead atoms. The Bertz CT molecular complexity index is 2240. The van der Waals surface area contributed by atoms with E-state index in [0.29, 0.717) is 83.6 Å². The topological polar surface area (TPSA) is 199 Å². The van der Waals surface area contributed by atoms with Gasteiger partial charge in [0.1, 0.15) is 28.4 Å². The summed E-state index contributed by atoms with van der Waals surface area (Å²) in [5.74, 6) is -0.544. The summed E-state index contributed by atoms with van der Waals surface area (Å²) >= 11 is 7.47. The molecule has 16 nitrogen and oxygen atoms in total. The van der Waals surface area contributed by atoms with Gasteiger partial charge in [-0.3, -0.25) is 39.0 Å². The van der Waals surface area contributed by atoms with Crippen LogP contribution in [0.3, 0.4) is 0 Å². The average Bonchev–Trinajstić information content (AvgIpc) is 3.76. The smallest absolute Gasteiger partial charge is 0.267 e. The number of piperazine rings is 1. The van der Waals surface area contributed by atoms with Crippen LogP contribution in [0.5, 0.6) is 0 Å². The van der Waals surface area contributed by atoms with Gasteiger partial charge in [-0.05, 0) is 56.9 Å². The molecule has 296 valence electrons. The summed E-state index contributed by atoms with van der Waals surface area (Å²) in [5, 5.41) is 12.5. The Morgan fingerprint density at radius 3 is 2.53 bits per heavy atom. The monoisotopic (exact) mass is 812 g/mol. The van der Waals surface area contributed by atoms with E-state index >= 15 is 0 Å². The number of rotatable bonds is 13. The van der Waals surface area contributed by atoms with Crippen molar-refractivity contribution < 1.29 is 28.8 Å². The van der Waals surface area contributed by atoms with Crippen molar-refractivity contribution in [1.29, 1.82) is 0 Å². The third-order valence-corrected chi connectivity index (χ3v) is 11.3. The van der Waals surface area contributed by atoms with Gasteiger partial charge in [-0.2, -0.15) is 0 Å². The number of nitrogens with zero attached hydrogens (tertiary/aromatic N) is 6. The molecule has 7 rings (SSSR count). The van der Waals surface area contributed by atoms with Crippen molar-refractivity contribution in [2.75, 3.05) is 53.6 Å². The molecule has 1 unspecified atom stereocenters. The summed E-state index contributed by atoms with van der Waals surface area (Å²) in [5.41, 5.74) is 2.38. The molecule has 0 spiro atoms. The van der Waals surface area contributed by atoms with Gasteiger partial charge in [-0.1, -0.05) is 47.6 Å². The molecule has 3 aliphatic heterocycles. The average molecular weight is 813 g/mol. The summed E-state index contributed by atoms with van der Waals surface area (Å²) in [6.07, 6.45) is 4.30. The van der Waals surface area contributed by atoms with Crippen LogP contribution in [0.15, 0.2) is 48.7 Å². The number of aryl methyl sites for hydroxylation is 2. The minimum absolute atomic E-state index is 0.0591. The number of amides is 6. The molecular weight excluding hydrogens is 772 g/mol. The number of anilines is 5. The van der Waals surface area contributed by atoms with Crippen LogP contribution in [0.25, 0.3) is 0 Å². The second-order valence-electron chi connectivity index (χ2n) is 14.0. The van der Waals surface area contributed by atoms with Crippen LogP contribution < -0.4 is 26.2 Å². The minimum Gasteiger partial charge on any atom is -0.384 e. The molecule has 18 heteroatoms. The second-order valence-corrected chi connectivity index (χ2v) is 15.4. The van der Waals surface area contributed by atoms with Gasteiger partial charge in [0.05, 0.1) is 28.0 Å². The largest absolute Gasteiger partial charge is 0.384 e. The van der Waals surface area contributed by atoms with E-state index in [1.165, 1.54) is 17.5 Å². The molecule has 2 aromatic carbocycles. The Morgan fingerprint density at radius 1 is 0.965 bits per heavy atom. The fourth-order valence-electron chi connectivity index (χ4n) is 7.10. The van der Waals surface area contributed by atoms with E-state index in [2.05, 4.69) is 41.1 Å². The fraction of sp³-hybridized carbons (Fsp3) is 0.359. The maximum atomic E-state index is 13.3. The van der Waals surface area contributed by atoms with Crippen molar-refractivity contribution in [2.24, 2.45) is 0 Å². The predicted molar refractivity (Wildman–Crippen MR) is 215 cm³/mol. The SMILES string of the molecule is Cc1nc(Nc2ncc(C(=O)Nc3c(C)cccc3Cl)s2)cc(N2CCN(C(=O)CCCCCNc3cccc4c3C(=O)N(C3CCC(=O)NC3=O)C4=O)CC2)n1. The molecule has 3 aliphatic rings. The zero-order valence-corrected chi connectivity index (χ0v) is 33.0. The highest BCUT2D eigenvalue weighted by Crippen LogP contribution is 2.33. The molecule has 57 heavy (non-hydrogen) atoms. The first-order chi connectivity index (χ1) is 27.5. The van der Waals surface area contributed by atoms with Crippen LogP contribution >= 0.6 is 22.9 Å². The molecule has 4 N–H and O–H groups in total. The van der Waals surface area contributed by atoms with E-state index in [1.54, 1.807) is 31.2 Å². The van der Waals surface area contributed by atoms with Gasteiger partial charge < -0.3 is 25.8 Å². The molecule has 0 saturated carbocycles. The van der Waals surface area contributed by atoms with Crippen molar-refractivity contribution in [1.82, 2.24) is 30.1 Å². The van der Waals surface area contributed by atoms with Gasteiger partial charge in [0.15, 0.2) is 5.13 Å². The summed E-state index contributed by atoms with van der Waals surface area (Å²) < 4.78 is 0. The summed E-state index contributed by atoms with van der Waals surface area (Å²) in [6.45, 7) is 6.54. The molecule has 0 radical (unpaired) electrons. The lowest BCUT2D eigenvalue weighted by Crippen LogP contribution is -2.54. The maximum Gasteiger partial charge on any atom is 0.267 e. The molecule has 5 heterocycles. The quantitative estimate of drug-likeness (QED) is 0.105. The van der Waals surface area contributed by atoms with Gasteiger partial charge >= 0.3 is 0 Å². The van der Waals surface area contributed by atoms with Crippen molar-refractivity contribution >= 4 is 86.5 Å². The van der Waals surface area contributed by atoms with E-state index in [0.717, 1.165) is 29.1 Å². The van der Waals surface area contributed by atoms with Crippen LogP contribution in [-0.4, -0.2) is 99.0 Å². The lowest BCUT2D eigenvalue weighted by Gasteiger charge is -2.35. The number of halogens is 1. The lowest BCUT2D eigenvalue weighted by atomic mass is 10.0. The molecule has 2 saturated heterocycles. The lowest BCUT2D eigenvalue weighted by molar-refractivity contribution is -0.136. The van der Waals surface area contributed by atoms with Gasteiger partial charge in [-0.15, -0.1) is 0 Å². The highest BCUT2D eigenvalue weighted by atomic mass is 35.5. The summed E-state index contributed by atoms with van der Waals surface area (Å²) in [6, 6.07) is 11.2. The van der Waals surface area contributed by atoms with E-state index < -0.39 is 29.7 Å². The fourth-order valence-corrected chi connectivity index (χ4v) is 8.08. The first-order valence-electron chi connectivity index (χ1n) is 18.7. The van der Waals surface area contributed by atoms with Crippen LogP contribution in [0, 0.1) is 13.8 Å². The number of nitrogens with one attached hydrogen (secondary N) is 4. The van der Waals surface area contributed by atoms with Crippen LogP contribution in [0.2, 0.25) is 5.02 Å².